The van der Waals surface area contributed by atoms with Crippen molar-refractivity contribution in [2.45, 2.75) is 39.3 Å². The molecule has 0 aliphatic rings. The van der Waals surface area contributed by atoms with Crippen LogP contribution >= 0.6 is 0 Å². The topological polar surface area (TPSA) is 95.5 Å². The van der Waals surface area contributed by atoms with E-state index in [1.165, 1.54) is 13.0 Å². The number of carbonyl (C=O) groups is 3. The molecular weight excluding hydrogens is 236 g/mol. The van der Waals surface area contributed by atoms with Gasteiger partial charge in [-0.3, -0.25) is 9.59 Å². The molecule has 0 heterocycles. The minimum absolute atomic E-state index is 0.131. The summed E-state index contributed by atoms with van der Waals surface area (Å²) in [5, 5.41) is 13.8. The van der Waals surface area contributed by atoms with Crippen LogP contribution in [0.1, 0.15) is 27.2 Å². The van der Waals surface area contributed by atoms with E-state index in [4.69, 9.17) is 5.11 Å². The van der Waals surface area contributed by atoms with Gasteiger partial charge in [-0.2, -0.15) is 0 Å². The Bertz CT molecular complexity index is 339. The number of aliphatic carboxylic acids is 1. The average molecular weight is 256 g/mol. The summed E-state index contributed by atoms with van der Waals surface area (Å²) in [6, 6.07) is -1.76. The maximum absolute atomic E-state index is 11.9. The summed E-state index contributed by atoms with van der Waals surface area (Å²) in [5.41, 5.74) is 0. The zero-order valence-electron chi connectivity index (χ0n) is 10.9. The predicted octanol–water partition coefficient (Wildman–Crippen LogP) is 0.293. The van der Waals surface area contributed by atoms with Gasteiger partial charge in [0.25, 0.3) is 0 Å². The number of carbonyl (C=O) groups excluding carboxylic acids is 2. The normalized spacial score (nSPS) is 13.6. The molecule has 18 heavy (non-hydrogen) atoms. The first kappa shape index (κ1) is 16.1. The fraction of sp³-hybridized carbons (Fsp3) is 0.583. The first-order valence-corrected chi connectivity index (χ1v) is 5.70. The van der Waals surface area contributed by atoms with Crippen molar-refractivity contribution < 1.29 is 19.5 Å². The lowest BCUT2D eigenvalue weighted by Gasteiger charge is -2.23. The largest absolute Gasteiger partial charge is 0.480 e. The van der Waals surface area contributed by atoms with Crippen LogP contribution < -0.4 is 10.6 Å². The van der Waals surface area contributed by atoms with Crippen LogP contribution in [0.25, 0.3) is 0 Å². The lowest BCUT2D eigenvalue weighted by atomic mass is 10.0. The number of nitrogens with one attached hydrogen (secondary N) is 2. The van der Waals surface area contributed by atoms with Crippen LogP contribution in [0.3, 0.4) is 0 Å². The number of amides is 2. The molecule has 6 nitrogen and oxygen atoms in total. The van der Waals surface area contributed by atoms with Crippen molar-refractivity contribution in [1.82, 2.24) is 10.6 Å². The van der Waals surface area contributed by atoms with Crippen LogP contribution in [-0.4, -0.2) is 35.0 Å². The molecular formula is C12H20N2O4. The molecule has 2 amide bonds. The highest BCUT2D eigenvalue weighted by Crippen LogP contribution is 2.03. The van der Waals surface area contributed by atoms with E-state index < -0.39 is 24.0 Å². The lowest BCUT2D eigenvalue weighted by Crippen LogP contribution is -2.53. The fourth-order valence-corrected chi connectivity index (χ4v) is 1.40. The van der Waals surface area contributed by atoms with Crippen molar-refractivity contribution >= 4 is 17.8 Å². The Labute approximate surface area is 106 Å². The van der Waals surface area contributed by atoms with Gasteiger partial charge in [0.1, 0.15) is 12.1 Å². The van der Waals surface area contributed by atoms with E-state index in [9.17, 15) is 14.4 Å². The Morgan fingerprint density at radius 2 is 1.83 bits per heavy atom. The van der Waals surface area contributed by atoms with Crippen LogP contribution in [0.4, 0.5) is 0 Å². The maximum atomic E-state index is 11.9. The highest BCUT2D eigenvalue weighted by Gasteiger charge is 2.27. The average Bonchev–Trinajstić information content (AvgIpc) is 2.24. The molecule has 0 rings (SSSR count). The predicted molar refractivity (Wildman–Crippen MR) is 66.8 cm³/mol. The molecule has 2 atom stereocenters. The van der Waals surface area contributed by atoms with Gasteiger partial charge in [-0.25, -0.2) is 4.79 Å². The summed E-state index contributed by atoms with van der Waals surface area (Å²) in [7, 11) is 0. The Hall–Kier alpha value is -1.85. The second-order valence-corrected chi connectivity index (χ2v) is 4.35. The third-order valence-corrected chi connectivity index (χ3v) is 2.32. The van der Waals surface area contributed by atoms with Gasteiger partial charge in [-0.15, -0.1) is 6.58 Å². The van der Waals surface area contributed by atoms with Gasteiger partial charge < -0.3 is 15.7 Å². The van der Waals surface area contributed by atoms with Gasteiger partial charge in [-0.05, 0) is 12.3 Å². The summed E-state index contributed by atoms with van der Waals surface area (Å²) in [5.74, 6) is -2.10. The van der Waals surface area contributed by atoms with Gasteiger partial charge in [0.05, 0.1) is 0 Å². The van der Waals surface area contributed by atoms with E-state index in [0.29, 0.717) is 0 Å². The van der Waals surface area contributed by atoms with Gasteiger partial charge in [0, 0.05) is 6.92 Å². The molecule has 0 aromatic carbocycles. The zero-order chi connectivity index (χ0) is 14.3. The molecule has 6 heteroatoms. The first-order valence-electron chi connectivity index (χ1n) is 5.70. The Balaban J connectivity index is 4.71. The third-order valence-electron chi connectivity index (χ3n) is 2.32. The standard InChI is InChI=1S/C12H20N2O4/c1-5-6-9(12(17)18)14-11(16)10(7(2)3)13-8(4)15/h5,7,9-10H,1,6H2,2-4H3,(H,13,15)(H,14,16)(H,17,18). The van der Waals surface area contributed by atoms with Crippen molar-refractivity contribution in [3.05, 3.63) is 12.7 Å². The van der Waals surface area contributed by atoms with E-state index in [0.717, 1.165) is 0 Å². The lowest BCUT2D eigenvalue weighted by molar-refractivity contribution is -0.142. The molecule has 0 spiro atoms. The number of hydrogen-bond acceptors (Lipinski definition) is 3. The van der Waals surface area contributed by atoms with Crippen LogP contribution in [0, 0.1) is 5.92 Å². The molecule has 0 bridgehead atoms. The highest BCUT2D eigenvalue weighted by molar-refractivity contribution is 5.90. The number of carboxylic acids is 1. The Morgan fingerprint density at radius 3 is 2.17 bits per heavy atom. The smallest absolute Gasteiger partial charge is 0.326 e. The maximum Gasteiger partial charge on any atom is 0.326 e. The van der Waals surface area contributed by atoms with Crippen LogP contribution in [0.5, 0.6) is 0 Å². The van der Waals surface area contributed by atoms with Gasteiger partial charge in [-0.1, -0.05) is 19.9 Å². The molecule has 0 aliphatic heterocycles. The van der Waals surface area contributed by atoms with Crippen molar-refractivity contribution in [2.75, 3.05) is 0 Å². The fourth-order valence-electron chi connectivity index (χ4n) is 1.40. The van der Waals surface area contributed by atoms with E-state index in [2.05, 4.69) is 17.2 Å². The summed E-state index contributed by atoms with van der Waals surface area (Å²) >= 11 is 0. The third kappa shape index (κ3) is 5.47. The second kappa shape index (κ2) is 7.47. The molecule has 0 aromatic rings. The highest BCUT2D eigenvalue weighted by atomic mass is 16.4. The van der Waals surface area contributed by atoms with Crippen LogP contribution in [0.2, 0.25) is 0 Å². The van der Waals surface area contributed by atoms with Crippen molar-refractivity contribution in [3.8, 4) is 0 Å². The number of rotatable bonds is 7. The van der Waals surface area contributed by atoms with Gasteiger partial charge >= 0.3 is 5.97 Å². The quantitative estimate of drug-likeness (QED) is 0.571. The summed E-state index contributed by atoms with van der Waals surface area (Å²) in [4.78, 5) is 33.8. The van der Waals surface area contributed by atoms with E-state index in [1.54, 1.807) is 13.8 Å². The first-order chi connectivity index (χ1) is 8.29. The minimum Gasteiger partial charge on any atom is -0.480 e. The summed E-state index contributed by atoms with van der Waals surface area (Å²) in [6.45, 7) is 8.28. The molecule has 0 saturated heterocycles. The van der Waals surface area contributed by atoms with E-state index in [-0.39, 0.29) is 18.2 Å². The Morgan fingerprint density at radius 1 is 1.28 bits per heavy atom. The second-order valence-electron chi connectivity index (χ2n) is 4.35. The summed E-state index contributed by atoms with van der Waals surface area (Å²) in [6.07, 6.45) is 1.55. The van der Waals surface area contributed by atoms with Gasteiger partial charge in [0.2, 0.25) is 11.8 Å². The zero-order valence-corrected chi connectivity index (χ0v) is 10.9. The molecule has 2 unspecified atom stereocenters. The number of carboxylic acid groups (broad SMARTS) is 1. The molecule has 0 aliphatic carbocycles. The molecule has 0 saturated carbocycles. The SMILES string of the molecule is C=CCC(NC(=O)C(NC(C)=O)C(C)C)C(=O)O. The van der Waals surface area contributed by atoms with Crippen molar-refractivity contribution in [3.63, 3.8) is 0 Å². The van der Waals surface area contributed by atoms with Crippen molar-refractivity contribution in [2.24, 2.45) is 5.92 Å². The molecule has 0 aromatic heterocycles. The molecule has 3 N–H and O–H groups in total. The monoisotopic (exact) mass is 256 g/mol. The minimum atomic E-state index is -1.13. The summed E-state index contributed by atoms with van der Waals surface area (Å²) < 4.78 is 0. The van der Waals surface area contributed by atoms with Crippen LogP contribution in [-0.2, 0) is 14.4 Å². The van der Waals surface area contributed by atoms with Gasteiger partial charge in [0.15, 0.2) is 0 Å². The molecule has 0 fully saturated rings. The van der Waals surface area contributed by atoms with Crippen molar-refractivity contribution in [1.29, 1.82) is 0 Å². The van der Waals surface area contributed by atoms with E-state index in [1.807, 2.05) is 0 Å². The van der Waals surface area contributed by atoms with E-state index >= 15 is 0 Å². The molecule has 102 valence electrons. The molecule has 0 radical (unpaired) electrons. The van der Waals surface area contributed by atoms with Crippen LogP contribution in [0.15, 0.2) is 12.7 Å². The number of hydrogen-bond donors (Lipinski definition) is 3. The Kier molecular flexibility index (Phi) is 6.70.